The second kappa shape index (κ2) is 7.85. The fourth-order valence-corrected chi connectivity index (χ4v) is 8.90. The number of hydrogen-bond donors (Lipinski definition) is 2. The van der Waals surface area contributed by atoms with Gasteiger partial charge in [0.05, 0.1) is 4.90 Å². The van der Waals surface area contributed by atoms with Crippen molar-refractivity contribution in [1.82, 2.24) is 14.9 Å². The van der Waals surface area contributed by atoms with E-state index in [-0.39, 0.29) is 16.2 Å². The highest BCUT2D eigenvalue weighted by Gasteiger charge is 2.53. The van der Waals surface area contributed by atoms with Gasteiger partial charge in [-0.25, -0.2) is 13.1 Å². The maximum absolute atomic E-state index is 13.1. The van der Waals surface area contributed by atoms with E-state index < -0.39 is 15.6 Å². The Bertz CT molecular complexity index is 1160. The van der Waals surface area contributed by atoms with Gasteiger partial charge in [0, 0.05) is 16.5 Å². The highest BCUT2D eigenvalue weighted by Crippen LogP contribution is 2.61. The smallest absolute Gasteiger partial charge is 0.257 e. The zero-order valence-corrected chi connectivity index (χ0v) is 21.3. The third-order valence-corrected chi connectivity index (χ3v) is 10.2. The number of aromatic nitrogens is 2. The molecule has 2 N–H and O–H groups in total. The first-order chi connectivity index (χ1) is 15.4. The molecule has 4 saturated carbocycles. The van der Waals surface area contributed by atoms with Crippen LogP contribution < -0.4 is 10.0 Å². The van der Waals surface area contributed by atoms with Crippen LogP contribution in [-0.2, 0) is 15.4 Å². The number of nitrogens with zero attached hydrogens (tertiary/aromatic N) is 2. The van der Waals surface area contributed by atoms with Crippen molar-refractivity contribution in [3.63, 3.8) is 0 Å². The summed E-state index contributed by atoms with van der Waals surface area (Å²) in [5, 5.41) is 13.2. The van der Waals surface area contributed by atoms with Crippen LogP contribution in [0.25, 0.3) is 0 Å². The van der Waals surface area contributed by atoms with Crippen molar-refractivity contribution in [1.29, 1.82) is 0 Å². The van der Waals surface area contributed by atoms with E-state index in [1.54, 1.807) is 33.8 Å². The molecule has 1 aromatic heterocycles. The predicted octanol–water partition coefficient (Wildman–Crippen LogP) is 4.64. The molecule has 0 spiro atoms. The standard InChI is InChI=1S/C24H32N4O3S2/c1-14-5-6-18(33(30,31)28-23(2,3)4)10-19(14)20(29)25-22-27-26-21(32-22)24-11-15-7-16(12-24)9-17(8-15)13-24/h5-6,10,15-17,28H,7-9,11-13H2,1-4H3,(H,25,27,29). The van der Waals surface area contributed by atoms with Crippen molar-refractivity contribution in [2.45, 2.75) is 82.1 Å². The highest BCUT2D eigenvalue weighted by molar-refractivity contribution is 7.89. The minimum Gasteiger partial charge on any atom is -0.296 e. The Labute approximate surface area is 199 Å². The fourth-order valence-electron chi connectivity index (χ4n) is 6.50. The molecule has 1 amide bonds. The number of hydrogen-bond acceptors (Lipinski definition) is 6. The van der Waals surface area contributed by atoms with Gasteiger partial charge in [-0.05, 0) is 102 Å². The summed E-state index contributed by atoms with van der Waals surface area (Å²) in [6.45, 7) is 7.14. The van der Waals surface area contributed by atoms with Crippen molar-refractivity contribution in [3.8, 4) is 0 Å². The summed E-state index contributed by atoms with van der Waals surface area (Å²) in [6, 6.07) is 4.61. The van der Waals surface area contributed by atoms with Crippen LogP contribution in [0.3, 0.4) is 0 Å². The third kappa shape index (κ3) is 4.47. The van der Waals surface area contributed by atoms with E-state index in [1.165, 1.54) is 62.0 Å². The van der Waals surface area contributed by atoms with Crippen molar-refractivity contribution in [2.75, 3.05) is 5.32 Å². The van der Waals surface area contributed by atoms with Gasteiger partial charge in [0.25, 0.3) is 5.91 Å². The molecule has 4 fully saturated rings. The Morgan fingerprint density at radius 3 is 2.24 bits per heavy atom. The number of benzene rings is 1. The van der Waals surface area contributed by atoms with E-state index in [4.69, 9.17) is 0 Å². The lowest BCUT2D eigenvalue weighted by molar-refractivity contribution is -0.00555. The normalized spacial score (nSPS) is 28.8. The molecule has 0 unspecified atom stereocenters. The zero-order chi connectivity index (χ0) is 23.6. The van der Waals surface area contributed by atoms with Crippen molar-refractivity contribution in [2.24, 2.45) is 17.8 Å². The van der Waals surface area contributed by atoms with Gasteiger partial charge < -0.3 is 0 Å². The van der Waals surface area contributed by atoms with Gasteiger partial charge in [-0.3, -0.25) is 10.1 Å². The number of carbonyl (C=O) groups is 1. The van der Waals surface area contributed by atoms with E-state index in [2.05, 4.69) is 20.2 Å². The maximum Gasteiger partial charge on any atom is 0.257 e. The van der Waals surface area contributed by atoms with E-state index in [1.807, 2.05) is 0 Å². The van der Waals surface area contributed by atoms with Gasteiger partial charge >= 0.3 is 0 Å². The highest BCUT2D eigenvalue weighted by atomic mass is 32.2. The number of aryl methyl sites for hydroxylation is 1. The zero-order valence-electron chi connectivity index (χ0n) is 19.6. The van der Waals surface area contributed by atoms with Crippen LogP contribution in [0.5, 0.6) is 0 Å². The molecule has 0 saturated heterocycles. The maximum atomic E-state index is 13.1. The molecule has 9 heteroatoms. The number of sulfonamides is 1. The summed E-state index contributed by atoms with van der Waals surface area (Å²) in [7, 11) is -3.74. The van der Waals surface area contributed by atoms with Crippen molar-refractivity contribution < 1.29 is 13.2 Å². The third-order valence-electron chi connectivity index (χ3n) is 7.34. The summed E-state index contributed by atoms with van der Waals surface area (Å²) < 4.78 is 28.1. The molecule has 0 radical (unpaired) electrons. The molecule has 6 rings (SSSR count). The molecule has 0 aliphatic heterocycles. The van der Waals surface area contributed by atoms with Gasteiger partial charge in [-0.15, -0.1) is 10.2 Å². The van der Waals surface area contributed by atoms with E-state index in [0.29, 0.717) is 16.3 Å². The largest absolute Gasteiger partial charge is 0.296 e. The SMILES string of the molecule is Cc1ccc(S(=O)(=O)NC(C)(C)C)cc1C(=O)Nc1nnc(C23CC4CC(CC(C4)C2)C3)s1. The lowest BCUT2D eigenvalue weighted by atomic mass is 9.50. The van der Waals surface area contributed by atoms with Crippen molar-refractivity contribution >= 4 is 32.4 Å². The Hall–Kier alpha value is -1.84. The Morgan fingerprint density at radius 2 is 1.67 bits per heavy atom. The molecule has 7 nitrogen and oxygen atoms in total. The first-order valence-corrected chi connectivity index (χ1v) is 14.0. The molecular formula is C24H32N4O3S2. The van der Waals surface area contributed by atoms with Crippen LogP contribution in [-0.4, -0.2) is 30.1 Å². The minimum absolute atomic E-state index is 0.0692. The molecule has 4 bridgehead atoms. The Morgan fingerprint density at radius 1 is 1.06 bits per heavy atom. The molecule has 4 aliphatic rings. The van der Waals surface area contributed by atoms with Gasteiger partial charge in [-0.1, -0.05) is 17.4 Å². The van der Waals surface area contributed by atoms with Crippen LogP contribution in [0.15, 0.2) is 23.1 Å². The molecule has 4 aliphatic carbocycles. The second-order valence-corrected chi connectivity index (χ2v) is 14.1. The number of nitrogens with one attached hydrogen (secondary N) is 2. The summed E-state index contributed by atoms with van der Waals surface area (Å²) in [6.07, 6.45) is 7.68. The Balaban J connectivity index is 1.35. The number of carbonyl (C=O) groups excluding carboxylic acids is 1. The first-order valence-electron chi connectivity index (χ1n) is 11.7. The number of amides is 1. The molecule has 178 valence electrons. The van der Waals surface area contributed by atoms with Crippen LogP contribution in [0, 0.1) is 24.7 Å². The second-order valence-electron chi connectivity index (χ2n) is 11.4. The van der Waals surface area contributed by atoms with Crippen molar-refractivity contribution in [3.05, 3.63) is 34.3 Å². The van der Waals surface area contributed by atoms with Gasteiger partial charge in [0.2, 0.25) is 15.2 Å². The molecule has 33 heavy (non-hydrogen) atoms. The van der Waals surface area contributed by atoms with Gasteiger partial charge in [0.1, 0.15) is 5.01 Å². The monoisotopic (exact) mass is 488 g/mol. The molecule has 1 aromatic carbocycles. The van der Waals surface area contributed by atoms with Crippen LogP contribution in [0.1, 0.15) is 80.2 Å². The van der Waals surface area contributed by atoms with Crippen LogP contribution >= 0.6 is 11.3 Å². The molecule has 0 atom stereocenters. The predicted molar refractivity (Wildman–Crippen MR) is 129 cm³/mol. The van der Waals surface area contributed by atoms with E-state index >= 15 is 0 Å². The fraction of sp³-hybridized carbons (Fsp3) is 0.625. The average Bonchev–Trinajstić information content (AvgIpc) is 3.14. The summed E-state index contributed by atoms with van der Waals surface area (Å²) in [4.78, 5) is 13.1. The quantitative estimate of drug-likeness (QED) is 0.638. The number of rotatable bonds is 5. The molecule has 1 heterocycles. The topological polar surface area (TPSA) is 101 Å². The Kier molecular flexibility index (Phi) is 5.45. The van der Waals surface area contributed by atoms with Gasteiger partial charge in [0.15, 0.2) is 0 Å². The molecule has 2 aromatic rings. The van der Waals surface area contributed by atoms with E-state index in [0.717, 1.165) is 22.8 Å². The van der Waals surface area contributed by atoms with Crippen LogP contribution in [0.4, 0.5) is 5.13 Å². The van der Waals surface area contributed by atoms with E-state index in [9.17, 15) is 13.2 Å². The average molecular weight is 489 g/mol. The van der Waals surface area contributed by atoms with Crippen LogP contribution in [0.2, 0.25) is 0 Å². The summed E-state index contributed by atoms with van der Waals surface area (Å²) in [5.74, 6) is 2.07. The number of anilines is 1. The van der Waals surface area contributed by atoms with Gasteiger partial charge in [-0.2, -0.15) is 0 Å². The lowest BCUT2D eigenvalue weighted by Gasteiger charge is -2.55. The minimum atomic E-state index is -3.74. The molecular weight excluding hydrogens is 456 g/mol. The summed E-state index contributed by atoms with van der Waals surface area (Å²) in [5.41, 5.74) is 0.538. The lowest BCUT2D eigenvalue weighted by Crippen LogP contribution is -2.48. The first kappa shape index (κ1) is 22.9. The summed E-state index contributed by atoms with van der Waals surface area (Å²) >= 11 is 1.48.